The Hall–Kier alpha value is -1.71. The van der Waals surface area contributed by atoms with Crippen LogP contribution in [0, 0.1) is 0 Å². The number of rotatable bonds is 8. The number of amides is 1. The fourth-order valence-corrected chi connectivity index (χ4v) is 2.73. The number of oxime groups is 1. The fourth-order valence-electron chi connectivity index (χ4n) is 1.77. The zero-order chi connectivity index (χ0) is 19.5. The summed E-state index contributed by atoms with van der Waals surface area (Å²) in [5.41, 5.74) is 1.01. The van der Waals surface area contributed by atoms with E-state index in [2.05, 4.69) is 5.16 Å². The molecule has 0 aliphatic carbocycles. The molecule has 0 heterocycles. The van der Waals surface area contributed by atoms with Gasteiger partial charge < -0.3 is 4.74 Å². The van der Waals surface area contributed by atoms with Gasteiger partial charge in [0, 0.05) is 25.7 Å². The largest absolute Gasteiger partial charge is 0.465 e. The zero-order valence-corrected chi connectivity index (χ0v) is 17.3. The molecule has 0 aliphatic rings. The van der Waals surface area contributed by atoms with Crippen molar-refractivity contribution in [3.63, 3.8) is 0 Å². The first-order valence-electron chi connectivity index (χ1n) is 8.07. The topological polar surface area (TPSA) is 71.4 Å². The minimum absolute atomic E-state index is 0.299. The van der Waals surface area contributed by atoms with E-state index in [9.17, 15) is 9.59 Å². The van der Waals surface area contributed by atoms with Gasteiger partial charge in [-0.25, -0.2) is 13.4 Å². The second kappa shape index (κ2) is 11.8. The predicted molar refractivity (Wildman–Crippen MR) is 107 cm³/mol. The quantitative estimate of drug-likeness (QED) is 0.165. The van der Waals surface area contributed by atoms with Gasteiger partial charge in [-0.3, -0.25) is 9.63 Å². The first-order chi connectivity index (χ1) is 12.4. The smallest absolute Gasteiger partial charge is 0.446 e. The van der Waals surface area contributed by atoms with Gasteiger partial charge in [-0.1, -0.05) is 35.5 Å². The molecule has 9 heteroatoms. The SMILES string of the molecule is CCOC(=O)[C@H](C)N(Cc1ccccc1)SN(C)C(=O)O/N=C(/C)SC. The average Bonchev–Trinajstić information content (AvgIpc) is 2.65. The molecule has 0 bridgehead atoms. The molecule has 0 radical (unpaired) electrons. The van der Waals surface area contributed by atoms with Crippen LogP contribution in [0.25, 0.3) is 0 Å². The lowest BCUT2D eigenvalue weighted by Crippen LogP contribution is -2.38. The summed E-state index contributed by atoms with van der Waals surface area (Å²) < 4.78 is 8.16. The highest BCUT2D eigenvalue weighted by Crippen LogP contribution is 2.23. The van der Waals surface area contributed by atoms with Crippen molar-refractivity contribution in [2.75, 3.05) is 19.9 Å². The Labute approximate surface area is 163 Å². The molecular formula is C17H25N3O4S2. The van der Waals surface area contributed by atoms with Crippen molar-refractivity contribution in [2.45, 2.75) is 33.4 Å². The number of nitrogens with zero attached hydrogens (tertiary/aromatic N) is 3. The van der Waals surface area contributed by atoms with Crippen molar-refractivity contribution >= 4 is 41.0 Å². The number of carbonyl (C=O) groups is 2. The maximum Gasteiger partial charge on any atom is 0.446 e. The van der Waals surface area contributed by atoms with E-state index < -0.39 is 12.1 Å². The van der Waals surface area contributed by atoms with Crippen molar-refractivity contribution in [1.82, 2.24) is 8.61 Å². The van der Waals surface area contributed by atoms with Crippen LogP contribution in [0.15, 0.2) is 35.5 Å². The number of carbonyl (C=O) groups excluding carboxylic acids is 2. The van der Waals surface area contributed by atoms with Gasteiger partial charge in [-0.2, -0.15) is 0 Å². The normalized spacial score (nSPS) is 12.6. The molecule has 1 aromatic rings. The molecule has 0 N–H and O–H groups in total. The van der Waals surface area contributed by atoms with E-state index in [0.29, 0.717) is 18.2 Å². The Balaban J connectivity index is 2.83. The molecule has 0 aromatic heterocycles. The van der Waals surface area contributed by atoms with Gasteiger partial charge in [0.2, 0.25) is 0 Å². The summed E-state index contributed by atoms with van der Waals surface area (Å²) in [6.07, 6.45) is 1.21. The van der Waals surface area contributed by atoms with Crippen LogP contribution >= 0.6 is 23.9 Å². The summed E-state index contributed by atoms with van der Waals surface area (Å²) in [6.45, 7) is 6.00. The van der Waals surface area contributed by atoms with Gasteiger partial charge in [0.05, 0.1) is 6.61 Å². The molecule has 0 saturated carbocycles. The lowest BCUT2D eigenvalue weighted by Gasteiger charge is -2.28. The molecular weight excluding hydrogens is 374 g/mol. The molecule has 7 nitrogen and oxygen atoms in total. The van der Waals surface area contributed by atoms with E-state index in [-0.39, 0.29) is 5.97 Å². The standard InChI is InChI=1S/C17H25N3O4S2/c1-6-23-16(21)13(2)20(12-15-10-8-7-9-11-15)26-19(4)17(22)24-18-14(3)25-5/h7-11,13H,6,12H2,1-5H3/b18-14-/t13-/m0/s1. The van der Waals surface area contributed by atoms with Crippen LogP contribution in [0.1, 0.15) is 26.3 Å². The lowest BCUT2D eigenvalue weighted by atomic mass is 10.2. The summed E-state index contributed by atoms with van der Waals surface area (Å²) in [5, 5.41) is 4.37. The van der Waals surface area contributed by atoms with Crippen LogP contribution in [0.5, 0.6) is 0 Å². The molecule has 26 heavy (non-hydrogen) atoms. The Morgan fingerprint density at radius 2 is 1.92 bits per heavy atom. The van der Waals surface area contributed by atoms with Crippen LogP contribution in [0.3, 0.4) is 0 Å². The lowest BCUT2D eigenvalue weighted by molar-refractivity contribution is -0.147. The van der Waals surface area contributed by atoms with Gasteiger partial charge in [0.1, 0.15) is 11.1 Å². The van der Waals surface area contributed by atoms with Gasteiger partial charge in [0.25, 0.3) is 0 Å². The summed E-state index contributed by atoms with van der Waals surface area (Å²) in [6, 6.07) is 9.12. The predicted octanol–water partition coefficient (Wildman–Crippen LogP) is 3.77. The second-order valence-corrected chi connectivity index (χ2v) is 7.42. The molecule has 0 fully saturated rings. The maximum absolute atomic E-state index is 12.1. The Kier molecular flexibility index (Phi) is 10.2. The number of hydrogen-bond acceptors (Lipinski definition) is 8. The van der Waals surface area contributed by atoms with Crippen molar-refractivity contribution in [2.24, 2.45) is 5.16 Å². The van der Waals surface area contributed by atoms with Crippen LogP contribution in [-0.2, 0) is 20.9 Å². The second-order valence-electron chi connectivity index (χ2n) is 5.24. The number of esters is 1. The van der Waals surface area contributed by atoms with Crippen molar-refractivity contribution in [1.29, 1.82) is 0 Å². The molecule has 1 aromatic carbocycles. The Morgan fingerprint density at radius 3 is 2.50 bits per heavy atom. The Bertz CT molecular complexity index is 613. The number of thioether (sulfide) groups is 1. The number of benzene rings is 1. The third-order valence-electron chi connectivity index (χ3n) is 3.27. The highest BCUT2D eigenvalue weighted by atomic mass is 32.2. The third kappa shape index (κ3) is 7.67. The monoisotopic (exact) mass is 399 g/mol. The Morgan fingerprint density at radius 1 is 1.27 bits per heavy atom. The molecule has 0 unspecified atom stereocenters. The van der Waals surface area contributed by atoms with E-state index in [1.54, 1.807) is 32.1 Å². The minimum Gasteiger partial charge on any atom is -0.465 e. The van der Waals surface area contributed by atoms with Crippen LogP contribution in [-0.4, -0.2) is 51.7 Å². The summed E-state index contributed by atoms with van der Waals surface area (Å²) in [4.78, 5) is 29.1. The van der Waals surface area contributed by atoms with Crippen LogP contribution in [0.2, 0.25) is 0 Å². The third-order valence-corrected chi connectivity index (χ3v) is 4.99. The highest BCUT2D eigenvalue weighted by molar-refractivity contribution is 8.13. The van der Waals surface area contributed by atoms with E-state index in [1.807, 2.05) is 36.6 Å². The van der Waals surface area contributed by atoms with E-state index in [1.165, 1.54) is 16.1 Å². The molecule has 144 valence electrons. The number of ether oxygens (including phenoxy) is 1. The van der Waals surface area contributed by atoms with Crippen LogP contribution < -0.4 is 0 Å². The van der Waals surface area contributed by atoms with Gasteiger partial charge in [-0.15, -0.1) is 11.8 Å². The summed E-state index contributed by atoms with van der Waals surface area (Å²) in [7, 11) is 1.56. The van der Waals surface area contributed by atoms with Crippen molar-refractivity contribution < 1.29 is 19.2 Å². The molecule has 1 amide bonds. The molecule has 0 saturated heterocycles. The zero-order valence-electron chi connectivity index (χ0n) is 15.7. The maximum atomic E-state index is 12.1. The van der Waals surface area contributed by atoms with Crippen LogP contribution in [0.4, 0.5) is 4.79 Å². The minimum atomic E-state index is -0.627. The summed E-state index contributed by atoms with van der Waals surface area (Å²) in [5.74, 6) is -0.353. The highest BCUT2D eigenvalue weighted by Gasteiger charge is 2.27. The first-order valence-corrected chi connectivity index (χ1v) is 10.0. The first kappa shape index (κ1) is 22.3. The number of hydrogen-bond donors (Lipinski definition) is 0. The van der Waals surface area contributed by atoms with Crippen molar-refractivity contribution in [3.8, 4) is 0 Å². The molecule has 1 atom stereocenters. The summed E-state index contributed by atoms with van der Waals surface area (Å²) >= 11 is 2.47. The molecule has 0 spiro atoms. The van der Waals surface area contributed by atoms with E-state index in [4.69, 9.17) is 9.57 Å². The fraction of sp³-hybridized carbons (Fsp3) is 0.471. The van der Waals surface area contributed by atoms with E-state index in [0.717, 1.165) is 17.7 Å². The van der Waals surface area contributed by atoms with Gasteiger partial charge in [0.15, 0.2) is 0 Å². The van der Waals surface area contributed by atoms with Gasteiger partial charge >= 0.3 is 12.1 Å². The molecule has 0 aliphatic heterocycles. The van der Waals surface area contributed by atoms with E-state index >= 15 is 0 Å². The average molecular weight is 400 g/mol. The van der Waals surface area contributed by atoms with Gasteiger partial charge in [-0.05, 0) is 32.6 Å². The molecule has 1 rings (SSSR count). The van der Waals surface area contributed by atoms with Crippen molar-refractivity contribution in [3.05, 3.63) is 35.9 Å².